The molecule has 2 heterocycles. The summed E-state index contributed by atoms with van der Waals surface area (Å²) in [6.45, 7) is 7.77. The van der Waals surface area contributed by atoms with Gasteiger partial charge in [-0.25, -0.2) is 4.98 Å². The van der Waals surface area contributed by atoms with E-state index in [0.717, 1.165) is 16.0 Å². The number of thiophene rings is 1. The van der Waals surface area contributed by atoms with Crippen molar-refractivity contribution in [3.63, 3.8) is 0 Å². The van der Waals surface area contributed by atoms with Crippen molar-refractivity contribution in [1.29, 1.82) is 0 Å². The zero-order valence-electron chi connectivity index (χ0n) is 19.4. The Bertz CT molecular complexity index is 1440. The monoisotopic (exact) mass is 491 g/mol. The van der Waals surface area contributed by atoms with Gasteiger partial charge in [-0.1, -0.05) is 54.2 Å². The summed E-state index contributed by atoms with van der Waals surface area (Å²) in [5.41, 5.74) is 2.73. The second kappa shape index (κ2) is 9.95. The van der Waals surface area contributed by atoms with Gasteiger partial charge >= 0.3 is 0 Å². The number of benzene rings is 2. The lowest BCUT2D eigenvalue weighted by atomic mass is 10.1. The van der Waals surface area contributed by atoms with Crippen LogP contribution in [0.15, 0.2) is 64.5 Å². The number of fused-ring (bicyclic) bond motifs is 1. The van der Waals surface area contributed by atoms with E-state index in [1.807, 2.05) is 51.1 Å². The van der Waals surface area contributed by atoms with E-state index in [1.54, 1.807) is 28.8 Å². The van der Waals surface area contributed by atoms with Crippen molar-refractivity contribution in [2.24, 2.45) is 0 Å². The molecule has 1 unspecified atom stereocenters. The zero-order valence-corrected chi connectivity index (χ0v) is 21.0. The number of hydrogen-bond acceptors (Lipinski definition) is 6. The number of nitrogens with zero attached hydrogens (tertiary/aromatic N) is 2. The topological polar surface area (TPSA) is 81.1 Å². The molecule has 0 aliphatic heterocycles. The molecule has 8 heteroatoms. The Balaban J connectivity index is 1.75. The third kappa shape index (κ3) is 4.69. The number of Topliss-reactive ketones (excluding diaryl/α,β-unsaturated/α-hetero) is 1. The van der Waals surface area contributed by atoms with Gasteiger partial charge in [-0.15, -0.1) is 11.3 Å². The van der Waals surface area contributed by atoms with Crippen molar-refractivity contribution in [1.82, 2.24) is 9.55 Å². The van der Waals surface area contributed by atoms with Crippen molar-refractivity contribution in [2.45, 2.75) is 44.6 Å². The molecular formula is C26H25N3O3S2. The predicted molar refractivity (Wildman–Crippen MR) is 139 cm³/mol. The molecule has 0 aliphatic carbocycles. The number of thioether (sulfide) groups is 1. The van der Waals surface area contributed by atoms with E-state index < -0.39 is 5.25 Å². The molecule has 1 amide bonds. The van der Waals surface area contributed by atoms with Crippen molar-refractivity contribution >= 4 is 50.7 Å². The normalized spacial score (nSPS) is 12.0. The smallest absolute Gasteiger partial charge is 0.263 e. The van der Waals surface area contributed by atoms with Crippen LogP contribution in [0.3, 0.4) is 0 Å². The number of hydrogen-bond donors (Lipinski definition) is 1. The Labute approximate surface area is 206 Å². The van der Waals surface area contributed by atoms with Crippen LogP contribution in [0.25, 0.3) is 10.2 Å². The van der Waals surface area contributed by atoms with Crippen LogP contribution < -0.4 is 10.9 Å². The van der Waals surface area contributed by atoms with Crippen molar-refractivity contribution in [3.8, 4) is 0 Å². The molecule has 2 aromatic carbocycles. The van der Waals surface area contributed by atoms with Gasteiger partial charge in [-0.2, -0.15) is 0 Å². The second-order valence-corrected chi connectivity index (χ2v) is 10.2. The molecule has 6 nitrogen and oxygen atoms in total. The number of nitrogens with one attached hydrogen (secondary N) is 1. The number of carbonyl (C=O) groups excluding carboxylic acids is 2. The number of ketones is 1. The van der Waals surface area contributed by atoms with E-state index in [4.69, 9.17) is 4.98 Å². The van der Waals surface area contributed by atoms with E-state index in [0.29, 0.717) is 33.2 Å². The average Bonchev–Trinajstić information content (AvgIpc) is 3.11. The number of carbonyl (C=O) groups is 2. The van der Waals surface area contributed by atoms with Gasteiger partial charge in [0.25, 0.3) is 5.56 Å². The lowest BCUT2D eigenvalue weighted by Crippen LogP contribution is -2.24. The molecule has 0 radical (unpaired) electrons. The third-order valence-corrected chi connectivity index (χ3v) is 8.02. The number of anilines is 1. The molecule has 1 N–H and O–H groups in total. The van der Waals surface area contributed by atoms with Crippen molar-refractivity contribution in [2.75, 3.05) is 5.32 Å². The van der Waals surface area contributed by atoms with Crippen LogP contribution in [0.2, 0.25) is 0 Å². The Morgan fingerprint density at radius 1 is 1.12 bits per heavy atom. The van der Waals surface area contributed by atoms with Crippen LogP contribution in [0.1, 0.15) is 45.5 Å². The van der Waals surface area contributed by atoms with Gasteiger partial charge in [0.05, 0.1) is 5.39 Å². The number of rotatable bonds is 7. The highest BCUT2D eigenvalue weighted by molar-refractivity contribution is 8.00. The van der Waals surface area contributed by atoms with Crippen LogP contribution in [0, 0.1) is 13.8 Å². The summed E-state index contributed by atoms with van der Waals surface area (Å²) in [4.78, 5) is 45.1. The number of aryl methyl sites for hydroxylation is 2. The summed E-state index contributed by atoms with van der Waals surface area (Å²) in [5.74, 6) is -0.330. The maximum Gasteiger partial charge on any atom is 0.263 e. The van der Waals surface area contributed by atoms with Gasteiger partial charge in [0.15, 0.2) is 10.9 Å². The third-order valence-electron chi connectivity index (χ3n) is 5.67. The molecule has 0 aliphatic rings. The molecule has 1 atom stereocenters. The Hall–Kier alpha value is -3.23. The first-order valence-electron chi connectivity index (χ1n) is 10.9. The number of aromatic nitrogens is 2. The van der Waals surface area contributed by atoms with Gasteiger partial charge < -0.3 is 5.32 Å². The minimum Gasteiger partial charge on any atom is -0.325 e. The zero-order chi connectivity index (χ0) is 24.4. The van der Waals surface area contributed by atoms with E-state index in [9.17, 15) is 14.4 Å². The van der Waals surface area contributed by atoms with E-state index in [1.165, 1.54) is 30.0 Å². The summed E-state index contributed by atoms with van der Waals surface area (Å²) in [5, 5.41) is 3.44. The molecule has 4 aromatic rings. The van der Waals surface area contributed by atoms with Crippen molar-refractivity contribution < 1.29 is 9.59 Å². The van der Waals surface area contributed by atoms with Crippen LogP contribution in [-0.4, -0.2) is 21.2 Å². The quantitative estimate of drug-likeness (QED) is 0.202. The molecule has 0 spiro atoms. The van der Waals surface area contributed by atoms with E-state index in [2.05, 4.69) is 5.32 Å². The van der Waals surface area contributed by atoms with Gasteiger partial charge in [0.2, 0.25) is 5.91 Å². The lowest BCUT2D eigenvalue weighted by molar-refractivity contribution is -0.115. The lowest BCUT2D eigenvalue weighted by Gasteiger charge is -2.19. The minimum absolute atomic E-state index is 0.0731. The van der Waals surface area contributed by atoms with Gasteiger partial charge in [-0.3, -0.25) is 19.0 Å². The first-order valence-corrected chi connectivity index (χ1v) is 12.6. The maximum absolute atomic E-state index is 13.5. The molecule has 4 rings (SSSR count). The molecule has 0 fully saturated rings. The molecular weight excluding hydrogens is 466 g/mol. The highest BCUT2D eigenvalue weighted by Gasteiger charge is 2.26. The van der Waals surface area contributed by atoms with Crippen LogP contribution >= 0.6 is 23.1 Å². The fraction of sp³-hybridized carbons (Fsp3) is 0.231. The second-order valence-electron chi connectivity index (χ2n) is 7.94. The SMILES string of the molecule is CCn1c(SC(C(=O)Nc2cccc(C(C)=O)c2)c2ccccc2)nc2sc(C)c(C)c2c1=O. The van der Waals surface area contributed by atoms with Crippen LogP contribution in [0.4, 0.5) is 5.69 Å². The minimum atomic E-state index is -0.647. The molecule has 0 bridgehead atoms. The van der Waals surface area contributed by atoms with Gasteiger partial charge in [-0.05, 0) is 51.0 Å². The highest BCUT2D eigenvalue weighted by atomic mass is 32.2. The van der Waals surface area contributed by atoms with E-state index in [-0.39, 0.29) is 17.2 Å². The van der Waals surface area contributed by atoms with E-state index >= 15 is 0 Å². The largest absolute Gasteiger partial charge is 0.325 e. The molecule has 0 saturated carbocycles. The Morgan fingerprint density at radius 3 is 2.53 bits per heavy atom. The Morgan fingerprint density at radius 2 is 1.85 bits per heavy atom. The standard InChI is InChI=1S/C26H25N3O3S2/c1-5-29-25(32)21-15(2)17(4)33-24(21)28-26(29)34-22(18-10-7-6-8-11-18)23(31)27-20-13-9-12-19(14-20)16(3)30/h6-14,22H,5H2,1-4H3,(H,27,31). The molecule has 174 valence electrons. The summed E-state index contributed by atoms with van der Waals surface area (Å²) < 4.78 is 1.63. The fourth-order valence-electron chi connectivity index (χ4n) is 3.71. The number of amides is 1. The summed E-state index contributed by atoms with van der Waals surface area (Å²) >= 11 is 2.75. The molecule has 34 heavy (non-hydrogen) atoms. The average molecular weight is 492 g/mol. The van der Waals surface area contributed by atoms with Crippen LogP contribution in [0.5, 0.6) is 0 Å². The summed E-state index contributed by atoms with van der Waals surface area (Å²) in [7, 11) is 0. The van der Waals surface area contributed by atoms with Crippen molar-refractivity contribution in [3.05, 3.63) is 86.5 Å². The molecule has 2 aromatic heterocycles. The highest BCUT2D eigenvalue weighted by Crippen LogP contribution is 2.37. The fourth-order valence-corrected chi connectivity index (χ4v) is 5.94. The maximum atomic E-state index is 13.5. The van der Waals surface area contributed by atoms with Crippen LogP contribution in [-0.2, 0) is 11.3 Å². The van der Waals surface area contributed by atoms with Gasteiger partial charge in [0.1, 0.15) is 10.1 Å². The molecule has 0 saturated heterocycles. The first-order chi connectivity index (χ1) is 16.3. The summed E-state index contributed by atoms with van der Waals surface area (Å²) in [6.07, 6.45) is 0. The summed E-state index contributed by atoms with van der Waals surface area (Å²) in [6, 6.07) is 16.3. The van der Waals surface area contributed by atoms with Gasteiger partial charge in [0, 0.05) is 22.7 Å². The Kier molecular flexibility index (Phi) is 7.00. The first kappa shape index (κ1) is 23.9. The predicted octanol–water partition coefficient (Wildman–Crippen LogP) is 5.77.